The lowest BCUT2D eigenvalue weighted by Gasteiger charge is -2.41. The minimum Gasteiger partial charge on any atom is -0.329 e. The molecule has 1 aliphatic carbocycles. The van der Waals surface area contributed by atoms with Crippen LogP contribution in [0.4, 0.5) is 0 Å². The van der Waals surface area contributed by atoms with Crippen molar-refractivity contribution in [1.82, 2.24) is 4.90 Å². The molecule has 1 aliphatic heterocycles. The van der Waals surface area contributed by atoms with Crippen LogP contribution in [0, 0.1) is 5.92 Å². The predicted molar refractivity (Wildman–Crippen MR) is 60.2 cm³/mol. The Kier molecular flexibility index (Phi) is 3.45. The molecule has 0 bridgehead atoms. The normalized spacial score (nSPS) is 31.7. The molecule has 2 atom stereocenters. The average Bonchev–Trinajstić information content (AvgIpc) is 3.04. The van der Waals surface area contributed by atoms with Gasteiger partial charge >= 0.3 is 0 Å². The quantitative estimate of drug-likeness (QED) is 0.745. The van der Waals surface area contributed by atoms with E-state index in [0.717, 1.165) is 18.5 Å². The van der Waals surface area contributed by atoms with E-state index in [1.807, 2.05) is 0 Å². The Hall–Kier alpha value is -0.0800. The fourth-order valence-corrected chi connectivity index (χ4v) is 2.98. The van der Waals surface area contributed by atoms with Gasteiger partial charge in [0.1, 0.15) is 0 Å². The number of nitrogens with two attached hydrogens (primary N) is 1. The molecule has 1 saturated carbocycles. The summed E-state index contributed by atoms with van der Waals surface area (Å²) in [6.45, 7) is 4.50. The van der Waals surface area contributed by atoms with Crippen molar-refractivity contribution >= 4 is 0 Å². The van der Waals surface area contributed by atoms with Crippen LogP contribution in [-0.4, -0.2) is 30.1 Å². The van der Waals surface area contributed by atoms with Crippen molar-refractivity contribution in [3.8, 4) is 0 Å². The van der Waals surface area contributed by atoms with Gasteiger partial charge in [0.15, 0.2) is 0 Å². The number of rotatable bonds is 4. The second kappa shape index (κ2) is 4.63. The van der Waals surface area contributed by atoms with Crippen molar-refractivity contribution in [2.45, 2.75) is 57.5 Å². The first kappa shape index (κ1) is 10.4. The highest BCUT2D eigenvalue weighted by Crippen LogP contribution is 2.37. The maximum Gasteiger partial charge on any atom is 0.0249 e. The molecule has 1 heterocycles. The van der Waals surface area contributed by atoms with E-state index in [9.17, 15) is 0 Å². The van der Waals surface area contributed by atoms with Gasteiger partial charge in [-0.3, -0.25) is 4.90 Å². The van der Waals surface area contributed by atoms with Crippen LogP contribution >= 0.6 is 0 Å². The summed E-state index contributed by atoms with van der Waals surface area (Å²) in [5, 5.41) is 0. The lowest BCUT2D eigenvalue weighted by molar-refractivity contribution is 0.0837. The van der Waals surface area contributed by atoms with Crippen molar-refractivity contribution in [1.29, 1.82) is 0 Å². The molecule has 2 rings (SSSR count). The molecule has 82 valence electrons. The Morgan fingerprint density at radius 3 is 2.64 bits per heavy atom. The third kappa shape index (κ3) is 2.12. The van der Waals surface area contributed by atoms with E-state index in [1.165, 1.54) is 45.1 Å². The minimum absolute atomic E-state index is 0.709. The van der Waals surface area contributed by atoms with E-state index in [0.29, 0.717) is 6.04 Å². The van der Waals surface area contributed by atoms with E-state index in [-0.39, 0.29) is 0 Å². The highest BCUT2D eigenvalue weighted by molar-refractivity contribution is 4.92. The van der Waals surface area contributed by atoms with Gasteiger partial charge in [-0.05, 0) is 44.6 Å². The van der Waals surface area contributed by atoms with Gasteiger partial charge in [-0.25, -0.2) is 0 Å². The molecule has 2 aliphatic rings. The molecular formula is C12H24N2. The van der Waals surface area contributed by atoms with Crippen molar-refractivity contribution in [3.63, 3.8) is 0 Å². The number of likely N-dealkylation sites (tertiary alicyclic amines) is 1. The largest absolute Gasteiger partial charge is 0.329 e. The zero-order valence-corrected chi connectivity index (χ0v) is 9.41. The van der Waals surface area contributed by atoms with Crippen LogP contribution in [0.25, 0.3) is 0 Å². The molecule has 0 spiro atoms. The number of hydrogen-bond acceptors (Lipinski definition) is 2. The molecule has 0 aromatic rings. The lowest BCUT2D eigenvalue weighted by atomic mass is 9.96. The summed E-state index contributed by atoms with van der Waals surface area (Å²) < 4.78 is 0. The van der Waals surface area contributed by atoms with Crippen LogP contribution < -0.4 is 5.73 Å². The van der Waals surface area contributed by atoms with Crippen molar-refractivity contribution in [2.75, 3.05) is 13.1 Å². The van der Waals surface area contributed by atoms with Crippen LogP contribution in [0.3, 0.4) is 0 Å². The summed E-state index contributed by atoms with van der Waals surface area (Å²) in [4.78, 5) is 2.72. The van der Waals surface area contributed by atoms with E-state index in [1.54, 1.807) is 0 Å². The summed E-state index contributed by atoms with van der Waals surface area (Å²) in [6, 6.07) is 1.54. The Morgan fingerprint density at radius 2 is 2.07 bits per heavy atom. The number of nitrogens with zero attached hydrogens (tertiary/aromatic N) is 1. The fraction of sp³-hybridized carbons (Fsp3) is 1.00. The zero-order chi connectivity index (χ0) is 9.97. The Bertz CT molecular complexity index is 177. The number of hydrogen-bond donors (Lipinski definition) is 1. The maximum atomic E-state index is 5.92. The topological polar surface area (TPSA) is 29.3 Å². The van der Waals surface area contributed by atoms with Crippen LogP contribution in [-0.2, 0) is 0 Å². The summed E-state index contributed by atoms with van der Waals surface area (Å²) in [7, 11) is 0. The first-order valence-corrected chi connectivity index (χ1v) is 6.32. The van der Waals surface area contributed by atoms with E-state index in [4.69, 9.17) is 5.73 Å². The van der Waals surface area contributed by atoms with Crippen molar-refractivity contribution < 1.29 is 0 Å². The van der Waals surface area contributed by atoms with Crippen LogP contribution in [0.5, 0.6) is 0 Å². The van der Waals surface area contributed by atoms with Gasteiger partial charge in [-0.1, -0.05) is 13.3 Å². The van der Waals surface area contributed by atoms with Crippen molar-refractivity contribution in [2.24, 2.45) is 11.7 Å². The third-order valence-electron chi connectivity index (χ3n) is 3.98. The van der Waals surface area contributed by atoms with Crippen LogP contribution in [0.15, 0.2) is 0 Å². The Balaban J connectivity index is 1.96. The van der Waals surface area contributed by atoms with Gasteiger partial charge in [0.25, 0.3) is 0 Å². The molecule has 0 amide bonds. The van der Waals surface area contributed by atoms with Gasteiger partial charge in [-0.2, -0.15) is 0 Å². The monoisotopic (exact) mass is 196 g/mol. The molecule has 0 radical (unpaired) electrons. The third-order valence-corrected chi connectivity index (χ3v) is 3.98. The molecule has 0 aromatic heterocycles. The highest BCUT2D eigenvalue weighted by Gasteiger charge is 2.37. The molecule has 14 heavy (non-hydrogen) atoms. The summed E-state index contributed by atoms with van der Waals surface area (Å²) >= 11 is 0. The zero-order valence-electron chi connectivity index (χ0n) is 9.41. The van der Waals surface area contributed by atoms with Gasteiger partial charge < -0.3 is 5.73 Å². The number of piperidine rings is 1. The summed E-state index contributed by atoms with van der Waals surface area (Å²) in [5.74, 6) is 0.937. The standard InChI is InChI=1S/C12H24N2/c1-2-11-5-3-4-8-14(11)12(9-13)10-6-7-10/h10-12H,2-9,13H2,1H3. The minimum atomic E-state index is 0.709. The molecule has 2 N–H and O–H groups in total. The molecule has 1 saturated heterocycles. The second-order valence-electron chi connectivity index (χ2n) is 4.94. The average molecular weight is 196 g/mol. The fourth-order valence-electron chi connectivity index (χ4n) is 2.98. The molecule has 2 nitrogen and oxygen atoms in total. The SMILES string of the molecule is CCC1CCCCN1C(CN)C1CC1. The first-order chi connectivity index (χ1) is 6.86. The lowest BCUT2D eigenvalue weighted by Crippen LogP contribution is -2.50. The molecule has 2 fully saturated rings. The highest BCUT2D eigenvalue weighted by atomic mass is 15.2. The smallest absolute Gasteiger partial charge is 0.0249 e. The van der Waals surface area contributed by atoms with Crippen LogP contribution in [0.2, 0.25) is 0 Å². The van der Waals surface area contributed by atoms with Crippen molar-refractivity contribution in [3.05, 3.63) is 0 Å². The molecular weight excluding hydrogens is 172 g/mol. The molecule has 2 heteroatoms. The van der Waals surface area contributed by atoms with Gasteiger partial charge in [0, 0.05) is 18.6 Å². The van der Waals surface area contributed by atoms with E-state index >= 15 is 0 Å². The second-order valence-corrected chi connectivity index (χ2v) is 4.94. The first-order valence-electron chi connectivity index (χ1n) is 6.32. The summed E-state index contributed by atoms with van der Waals surface area (Å²) in [5.41, 5.74) is 5.92. The molecule has 0 aromatic carbocycles. The van der Waals surface area contributed by atoms with Gasteiger partial charge in [0.05, 0.1) is 0 Å². The van der Waals surface area contributed by atoms with E-state index < -0.39 is 0 Å². The molecule has 2 unspecified atom stereocenters. The summed E-state index contributed by atoms with van der Waals surface area (Å²) in [6.07, 6.45) is 8.38. The van der Waals surface area contributed by atoms with Gasteiger partial charge in [-0.15, -0.1) is 0 Å². The van der Waals surface area contributed by atoms with Gasteiger partial charge in [0.2, 0.25) is 0 Å². The maximum absolute atomic E-state index is 5.92. The predicted octanol–water partition coefficient (Wildman–Crippen LogP) is 1.99. The van der Waals surface area contributed by atoms with E-state index in [2.05, 4.69) is 11.8 Å². The van der Waals surface area contributed by atoms with Crippen LogP contribution in [0.1, 0.15) is 45.4 Å². The Morgan fingerprint density at radius 1 is 1.29 bits per heavy atom. The Labute approximate surface area is 87.8 Å².